The van der Waals surface area contributed by atoms with E-state index in [0.29, 0.717) is 0 Å². The molecule has 0 radical (unpaired) electrons. The summed E-state index contributed by atoms with van der Waals surface area (Å²) < 4.78 is 0. The van der Waals surface area contributed by atoms with E-state index in [2.05, 4.69) is 6.58 Å². The zero-order valence-electron chi connectivity index (χ0n) is 6.15. The van der Waals surface area contributed by atoms with Crippen molar-refractivity contribution in [1.82, 2.24) is 0 Å². The number of hydrogen-bond donors (Lipinski definition) is 1. The molecule has 1 N–H and O–H groups in total. The Morgan fingerprint density at radius 3 is 2.45 bits per heavy atom. The van der Waals surface area contributed by atoms with E-state index in [1.54, 1.807) is 6.92 Å². The molecule has 0 bridgehead atoms. The quantitative estimate of drug-likeness (QED) is 0.292. The third-order valence-corrected chi connectivity index (χ3v) is 0.953. The number of nitro groups is 1. The van der Waals surface area contributed by atoms with E-state index in [9.17, 15) is 10.1 Å². The van der Waals surface area contributed by atoms with Crippen LogP contribution in [0.1, 0.15) is 6.92 Å². The Kier molecular flexibility index (Phi) is 3.66. The summed E-state index contributed by atoms with van der Waals surface area (Å²) in [6.07, 6.45) is 3.68. The van der Waals surface area contributed by atoms with Crippen LogP contribution in [0.25, 0.3) is 0 Å². The SMILES string of the molecule is C=C(O)/C=C\C(=C/C)[N+](=O)[O-]. The summed E-state index contributed by atoms with van der Waals surface area (Å²) in [4.78, 5) is 9.58. The molecule has 0 amide bonds. The molecule has 0 spiro atoms. The maximum absolute atomic E-state index is 10.1. The second-order valence-electron chi connectivity index (χ2n) is 1.80. The van der Waals surface area contributed by atoms with Crippen LogP contribution in [0.4, 0.5) is 0 Å². The van der Waals surface area contributed by atoms with E-state index in [1.807, 2.05) is 0 Å². The average molecular weight is 155 g/mol. The lowest BCUT2D eigenvalue weighted by Crippen LogP contribution is -1.94. The predicted molar refractivity (Wildman–Crippen MR) is 41.7 cm³/mol. The minimum absolute atomic E-state index is 0.0693. The van der Waals surface area contributed by atoms with Gasteiger partial charge in [-0.1, -0.05) is 6.58 Å². The van der Waals surface area contributed by atoms with Crippen molar-refractivity contribution >= 4 is 0 Å². The van der Waals surface area contributed by atoms with Crippen LogP contribution >= 0.6 is 0 Å². The van der Waals surface area contributed by atoms with Crippen molar-refractivity contribution in [3.05, 3.63) is 46.4 Å². The maximum Gasteiger partial charge on any atom is 0.265 e. The summed E-state index contributed by atoms with van der Waals surface area (Å²) in [6.45, 7) is 4.68. The molecular weight excluding hydrogens is 146 g/mol. The van der Waals surface area contributed by atoms with Gasteiger partial charge in [0, 0.05) is 6.08 Å². The Bertz CT molecular complexity index is 228. The Hall–Kier alpha value is -1.58. The van der Waals surface area contributed by atoms with Gasteiger partial charge < -0.3 is 5.11 Å². The molecule has 0 fully saturated rings. The highest BCUT2D eigenvalue weighted by Gasteiger charge is 2.01. The second-order valence-corrected chi connectivity index (χ2v) is 1.80. The topological polar surface area (TPSA) is 63.4 Å². The first-order valence-electron chi connectivity index (χ1n) is 2.94. The van der Waals surface area contributed by atoms with E-state index >= 15 is 0 Å². The van der Waals surface area contributed by atoms with Gasteiger partial charge in [0.25, 0.3) is 5.70 Å². The van der Waals surface area contributed by atoms with Crippen LogP contribution in [0, 0.1) is 10.1 Å². The Balaban J connectivity index is 4.34. The fraction of sp³-hybridized carbons (Fsp3) is 0.143. The van der Waals surface area contributed by atoms with Crippen molar-refractivity contribution < 1.29 is 10.0 Å². The van der Waals surface area contributed by atoms with Crippen LogP contribution in [-0.4, -0.2) is 10.0 Å². The smallest absolute Gasteiger partial charge is 0.265 e. The summed E-state index contributed by atoms with van der Waals surface area (Å²) in [6, 6.07) is 0. The fourth-order valence-electron chi connectivity index (χ4n) is 0.444. The van der Waals surface area contributed by atoms with E-state index in [1.165, 1.54) is 12.2 Å². The highest BCUT2D eigenvalue weighted by molar-refractivity contribution is 5.17. The summed E-state index contributed by atoms with van der Waals surface area (Å²) in [5.74, 6) is -0.203. The molecule has 0 rings (SSSR count). The van der Waals surface area contributed by atoms with Crippen LogP contribution in [0.3, 0.4) is 0 Å². The van der Waals surface area contributed by atoms with Crippen molar-refractivity contribution in [3.63, 3.8) is 0 Å². The van der Waals surface area contributed by atoms with Gasteiger partial charge in [0.2, 0.25) is 0 Å². The number of rotatable bonds is 3. The summed E-state index contributed by atoms with van der Waals surface area (Å²) in [5.41, 5.74) is -0.0693. The number of aliphatic hydroxyl groups excluding tert-OH is 1. The number of allylic oxidation sites excluding steroid dienone is 3. The van der Waals surface area contributed by atoms with Crippen LogP contribution < -0.4 is 0 Å². The highest BCUT2D eigenvalue weighted by Crippen LogP contribution is 1.98. The minimum Gasteiger partial charge on any atom is -0.509 e. The molecule has 0 aliphatic carbocycles. The van der Waals surface area contributed by atoms with Gasteiger partial charge in [0.05, 0.1) is 4.92 Å². The van der Waals surface area contributed by atoms with E-state index < -0.39 is 4.92 Å². The molecule has 11 heavy (non-hydrogen) atoms. The van der Waals surface area contributed by atoms with Crippen molar-refractivity contribution in [3.8, 4) is 0 Å². The summed E-state index contributed by atoms with van der Waals surface area (Å²) >= 11 is 0. The molecule has 0 saturated carbocycles. The lowest BCUT2D eigenvalue weighted by molar-refractivity contribution is -0.419. The molecule has 0 aromatic carbocycles. The molecule has 0 atom stereocenters. The second kappa shape index (κ2) is 4.27. The van der Waals surface area contributed by atoms with Crippen LogP contribution in [0.2, 0.25) is 0 Å². The molecule has 0 aromatic heterocycles. The van der Waals surface area contributed by atoms with Gasteiger partial charge in [-0.15, -0.1) is 0 Å². The summed E-state index contributed by atoms with van der Waals surface area (Å²) in [5, 5.41) is 18.7. The Morgan fingerprint density at radius 2 is 2.18 bits per heavy atom. The van der Waals surface area contributed by atoms with Gasteiger partial charge in [0.15, 0.2) is 0 Å². The molecule has 0 unspecified atom stereocenters. The maximum atomic E-state index is 10.1. The van der Waals surface area contributed by atoms with Crippen molar-refractivity contribution in [2.75, 3.05) is 0 Å². The molecule has 0 heterocycles. The largest absolute Gasteiger partial charge is 0.509 e. The molecule has 0 aliphatic heterocycles. The first kappa shape index (κ1) is 9.42. The van der Waals surface area contributed by atoms with Gasteiger partial charge in [-0.05, 0) is 19.1 Å². The minimum atomic E-state index is -0.542. The number of hydrogen-bond acceptors (Lipinski definition) is 3. The molecule has 0 aliphatic rings. The number of aliphatic hydroxyl groups is 1. The van der Waals surface area contributed by atoms with Crippen LogP contribution in [0.5, 0.6) is 0 Å². The van der Waals surface area contributed by atoms with Gasteiger partial charge in [-0.3, -0.25) is 10.1 Å². The Morgan fingerprint density at radius 1 is 1.64 bits per heavy atom. The zero-order chi connectivity index (χ0) is 8.85. The third kappa shape index (κ3) is 3.91. The molecule has 60 valence electrons. The Labute approximate surface area is 64.3 Å². The van der Waals surface area contributed by atoms with Crippen molar-refractivity contribution in [2.45, 2.75) is 6.92 Å². The van der Waals surface area contributed by atoms with Crippen LogP contribution in [-0.2, 0) is 0 Å². The van der Waals surface area contributed by atoms with Gasteiger partial charge in [-0.2, -0.15) is 0 Å². The zero-order valence-corrected chi connectivity index (χ0v) is 6.15. The normalized spacial score (nSPS) is 11.9. The number of nitrogens with zero attached hydrogens (tertiary/aromatic N) is 1. The average Bonchev–Trinajstić information content (AvgIpc) is 1.87. The van der Waals surface area contributed by atoms with E-state index in [0.717, 1.165) is 6.08 Å². The molecule has 0 saturated heterocycles. The van der Waals surface area contributed by atoms with E-state index in [-0.39, 0.29) is 11.5 Å². The van der Waals surface area contributed by atoms with Crippen molar-refractivity contribution in [1.29, 1.82) is 0 Å². The molecular formula is C7H9NO3. The third-order valence-electron chi connectivity index (χ3n) is 0.953. The first-order chi connectivity index (χ1) is 5.07. The van der Waals surface area contributed by atoms with Crippen LogP contribution in [0.15, 0.2) is 36.3 Å². The monoisotopic (exact) mass is 155 g/mol. The van der Waals surface area contributed by atoms with E-state index in [4.69, 9.17) is 5.11 Å². The fourth-order valence-corrected chi connectivity index (χ4v) is 0.444. The standard InChI is InChI=1S/C7H9NO3/c1-3-7(8(10)11)5-4-6(2)9/h3-5,9H,2H2,1H3/b5-4-,7-3+. The van der Waals surface area contributed by atoms with Gasteiger partial charge in [0.1, 0.15) is 5.76 Å². The lowest BCUT2D eigenvalue weighted by Gasteiger charge is -1.87. The van der Waals surface area contributed by atoms with Gasteiger partial charge in [-0.25, -0.2) is 0 Å². The van der Waals surface area contributed by atoms with Gasteiger partial charge >= 0.3 is 0 Å². The molecule has 4 heteroatoms. The van der Waals surface area contributed by atoms with Crippen molar-refractivity contribution in [2.24, 2.45) is 0 Å². The highest BCUT2D eigenvalue weighted by atomic mass is 16.6. The first-order valence-corrected chi connectivity index (χ1v) is 2.94. The summed E-state index contributed by atoms with van der Waals surface area (Å²) in [7, 11) is 0. The molecule has 0 aromatic rings. The predicted octanol–water partition coefficient (Wildman–Crippen LogP) is 1.79. The lowest BCUT2D eigenvalue weighted by atomic mass is 10.3. The molecule has 4 nitrogen and oxygen atoms in total.